The first-order valence-corrected chi connectivity index (χ1v) is 5.15. The topological polar surface area (TPSA) is 132 Å². The van der Waals surface area contributed by atoms with Crippen molar-refractivity contribution in [1.29, 1.82) is 0 Å². The maximum Gasteiger partial charge on any atom is 1.00 e. The Kier molecular flexibility index (Phi) is 8.62. The third kappa shape index (κ3) is 4.63. The molecule has 0 saturated carbocycles. The SMILES string of the molecule is O=C([O-])c1c[c-]cc(C(=O)O)c1S(=O)(=O)O.[Na+].[Na+]. The van der Waals surface area contributed by atoms with E-state index in [1.807, 2.05) is 0 Å². The predicted molar refractivity (Wildman–Crippen MR) is 46.4 cm³/mol. The molecule has 0 radical (unpaired) electrons. The van der Waals surface area contributed by atoms with Gasteiger partial charge in [0.25, 0.3) is 16.1 Å². The van der Waals surface area contributed by atoms with Gasteiger partial charge < -0.3 is 15.0 Å². The Morgan fingerprint density at radius 1 is 1.17 bits per heavy atom. The number of carbonyl (C=O) groups is 2. The molecule has 0 saturated heterocycles. The van der Waals surface area contributed by atoms with Gasteiger partial charge in [0.2, 0.25) is 0 Å². The van der Waals surface area contributed by atoms with E-state index in [1.165, 1.54) is 0 Å². The summed E-state index contributed by atoms with van der Waals surface area (Å²) in [6, 6.07) is 3.56. The van der Waals surface area contributed by atoms with Gasteiger partial charge in [-0.1, -0.05) is 5.56 Å². The molecule has 7 nitrogen and oxygen atoms in total. The van der Waals surface area contributed by atoms with Crippen LogP contribution in [0.3, 0.4) is 0 Å². The molecular weight excluding hydrogens is 286 g/mol. The number of carboxylic acid groups (broad SMARTS) is 2. The Balaban J connectivity index is 0. The van der Waals surface area contributed by atoms with Crippen LogP contribution in [0.2, 0.25) is 0 Å². The van der Waals surface area contributed by atoms with Gasteiger partial charge in [-0.2, -0.15) is 26.6 Å². The summed E-state index contributed by atoms with van der Waals surface area (Å²) in [4.78, 5) is 20.0. The maximum absolute atomic E-state index is 10.9. The Morgan fingerprint density at radius 2 is 1.61 bits per heavy atom. The summed E-state index contributed by atoms with van der Waals surface area (Å²) in [5, 5.41) is 19.2. The van der Waals surface area contributed by atoms with Gasteiger partial charge in [0, 0.05) is 10.9 Å². The zero-order valence-corrected chi connectivity index (χ0v) is 14.3. The van der Waals surface area contributed by atoms with Gasteiger partial charge in [0.05, 0.1) is 0 Å². The summed E-state index contributed by atoms with van der Waals surface area (Å²) in [6.45, 7) is 0. The Bertz CT molecular complexity index is 535. The van der Waals surface area contributed by atoms with E-state index in [2.05, 4.69) is 6.07 Å². The van der Waals surface area contributed by atoms with Crippen molar-refractivity contribution in [2.24, 2.45) is 0 Å². The van der Waals surface area contributed by atoms with Gasteiger partial charge in [-0.05, 0) is 5.56 Å². The number of hydrogen-bond acceptors (Lipinski definition) is 5. The van der Waals surface area contributed by atoms with E-state index in [9.17, 15) is 23.1 Å². The third-order valence-corrected chi connectivity index (χ3v) is 2.61. The zero-order valence-electron chi connectivity index (χ0n) is 9.50. The average molecular weight is 290 g/mol. The van der Waals surface area contributed by atoms with E-state index in [4.69, 9.17) is 9.66 Å². The van der Waals surface area contributed by atoms with Crippen molar-refractivity contribution in [3.05, 3.63) is 29.3 Å². The minimum atomic E-state index is -4.98. The van der Waals surface area contributed by atoms with E-state index in [1.54, 1.807) is 0 Å². The smallest absolute Gasteiger partial charge is 0.559 e. The largest absolute Gasteiger partial charge is 1.00 e. The Morgan fingerprint density at radius 3 is 1.94 bits per heavy atom. The first-order valence-electron chi connectivity index (χ1n) is 3.71. The fourth-order valence-electron chi connectivity index (χ4n) is 1.07. The molecular formula is C8H4Na2O7S. The minimum absolute atomic E-state index is 0. The van der Waals surface area contributed by atoms with E-state index in [-0.39, 0.29) is 59.1 Å². The summed E-state index contributed by atoms with van der Waals surface area (Å²) >= 11 is 0. The van der Waals surface area contributed by atoms with Crippen molar-refractivity contribution in [3.8, 4) is 0 Å². The summed E-state index contributed by atoms with van der Waals surface area (Å²) in [6.07, 6.45) is 0. The molecule has 1 aromatic carbocycles. The number of hydrogen-bond donors (Lipinski definition) is 2. The minimum Gasteiger partial charge on any atom is -0.559 e. The molecule has 0 aromatic heterocycles. The van der Waals surface area contributed by atoms with Crippen molar-refractivity contribution in [3.63, 3.8) is 0 Å². The van der Waals surface area contributed by atoms with Gasteiger partial charge >= 0.3 is 59.1 Å². The molecule has 1 aromatic rings. The number of benzene rings is 1. The quantitative estimate of drug-likeness (QED) is 0.321. The van der Waals surface area contributed by atoms with Crippen LogP contribution >= 0.6 is 0 Å². The van der Waals surface area contributed by atoms with E-state index >= 15 is 0 Å². The molecule has 0 heterocycles. The fourth-order valence-corrected chi connectivity index (χ4v) is 1.92. The van der Waals surface area contributed by atoms with Gasteiger partial charge in [-0.3, -0.25) is 9.35 Å². The molecule has 0 aliphatic rings. The van der Waals surface area contributed by atoms with Crippen LogP contribution in [0.4, 0.5) is 0 Å². The Hall–Kier alpha value is 0.0700. The second-order valence-corrected chi connectivity index (χ2v) is 4.04. The van der Waals surface area contributed by atoms with Gasteiger partial charge in [0.1, 0.15) is 0 Å². The monoisotopic (exact) mass is 290 g/mol. The van der Waals surface area contributed by atoms with Crippen LogP contribution in [0.5, 0.6) is 0 Å². The molecule has 0 unspecified atom stereocenters. The van der Waals surface area contributed by atoms with Crippen molar-refractivity contribution in [1.82, 2.24) is 0 Å². The maximum atomic E-state index is 10.9. The predicted octanol–water partition coefficient (Wildman–Crippen LogP) is -7.20. The summed E-state index contributed by atoms with van der Waals surface area (Å²) in [5.41, 5.74) is -1.84. The van der Waals surface area contributed by atoms with Crippen LogP contribution in [0.15, 0.2) is 17.0 Å². The number of aromatic carboxylic acids is 2. The van der Waals surface area contributed by atoms with Crippen LogP contribution in [0.1, 0.15) is 20.7 Å². The second kappa shape index (κ2) is 7.61. The number of rotatable bonds is 3. The fraction of sp³-hybridized carbons (Fsp3) is 0. The standard InChI is InChI=1S/C8H5O7S.2Na/c9-7(10)4-2-1-3-5(8(11)12)6(4)16(13,14)15;;/h2-3H,(H,9,10)(H,11,12)(H,13,14,15);;/q-1;2*+1/p-1. The van der Waals surface area contributed by atoms with Crippen molar-refractivity contribution < 1.29 is 91.9 Å². The van der Waals surface area contributed by atoms with Gasteiger partial charge in [0.15, 0.2) is 0 Å². The molecule has 2 N–H and O–H groups in total. The normalized spacial score (nSPS) is 9.83. The van der Waals surface area contributed by atoms with Gasteiger partial charge in [-0.15, -0.1) is 0 Å². The molecule has 0 atom stereocenters. The average Bonchev–Trinajstić information content (AvgIpc) is 2.15. The van der Waals surface area contributed by atoms with Crippen molar-refractivity contribution in [2.75, 3.05) is 0 Å². The Labute approximate surface area is 147 Å². The molecule has 0 aliphatic heterocycles. The van der Waals surface area contributed by atoms with E-state index in [0.717, 1.165) is 6.07 Å². The molecule has 0 amide bonds. The van der Waals surface area contributed by atoms with Gasteiger partial charge in [-0.25, -0.2) is 0 Å². The molecule has 0 bridgehead atoms. The van der Waals surface area contributed by atoms with E-state index < -0.39 is 38.1 Å². The molecule has 0 aliphatic carbocycles. The molecule has 0 fully saturated rings. The van der Waals surface area contributed by atoms with Crippen molar-refractivity contribution in [2.45, 2.75) is 4.90 Å². The van der Waals surface area contributed by atoms with Crippen molar-refractivity contribution >= 4 is 22.1 Å². The third-order valence-electron chi connectivity index (χ3n) is 1.65. The number of carbonyl (C=O) groups excluding carboxylic acids is 1. The molecule has 0 spiro atoms. The number of carboxylic acids is 2. The zero-order chi connectivity index (χ0) is 12.5. The van der Waals surface area contributed by atoms with Crippen LogP contribution in [-0.2, 0) is 10.1 Å². The molecule has 18 heavy (non-hydrogen) atoms. The van der Waals surface area contributed by atoms with Crippen LogP contribution in [-0.4, -0.2) is 30.0 Å². The van der Waals surface area contributed by atoms with Crippen LogP contribution in [0, 0.1) is 6.07 Å². The van der Waals surface area contributed by atoms with E-state index in [0.29, 0.717) is 6.07 Å². The first kappa shape index (κ1) is 20.4. The summed E-state index contributed by atoms with van der Waals surface area (Å²) in [7, 11) is -4.98. The first-order chi connectivity index (χ1) is 7.25. The molecule has 10 heteroatoms. The molecule has 1 rings (SSSR count). The summed E-state index contributed by atoms with van der Waals surface area (Å²) < 4.78 is 30.5. The van der Waals surface area contributed by atoms with Crippen LogP contribution in [0.25, 0.3) is 0 Å². The van der Waals surface area contributed by atoms with Crippen LogP contribution < -0.4 is 64.2 Å². The second-order valence-electron chi connectivity index (χ2n) is 2.68. The molecule has 86 valence electrons. The summed E-state index contributed by atoms with van der Waals surface area (Å²) in [5.74, 6) is -3.63.